The molecule has 3 rings (SSSR count). The normalized spacial score (nSPS) is 18.0. The van der Waals surface area contributed by atoms with Gasteiger partial charge in [-0.15, -0.1) is 11.3 Å². The van der Waals surface area contributed by atoms with E-state index in [1.54, 1.807) is 12.4 Å². The zero-order valence-corrected chi connectivity index (χ0v) is 13.0. The first kappa shape index (κ1) is 14.0. The van der Waals surface area contributed by atoms with Crippen LogP contribution in [0.3, 0.4) is 0 Å². The largest absolute Gasteiger partial charge is 0.372 e. The van der Waals surface area contributed by atoms with E-state index in [9.17, 15) is 4.79 Å². The lowest BCUT2D eigenvalue weighted by atomic mass is 10.1. The van der Waals surface area contributed by atoms with E-state index in [0.29, 0.717) is 0 Å². The molecule has 5 nitrogen and oxygen atoms in total. The molecule has 1 aliphatic rings. The summed E-state index contributed by atoms with van der Waals surface area (Å²) in [6, 6.07) is 1.98. The van der Waals surface area contributed by atoms with Crippen molar-refractivity contribution in [3.8, 4) is 0 Å². The van der Waals surface area contributed by atoms with Crippen LogP contribution < -0.4 is 5.32 Å². The number of amides is 1. The summed E-state index contributed by atoms with van der Waals surface area (Å²) >= 11 is 1.51. The number of anilines is 1. The Bertz CT molecular complexity index is 655. The first-order chi connectivity index (χ1) is 10.2. The predicted molar refractivity (Wildman–Crippen MR) is 83.6 cm³/mol. The van der Waals surface area contributed by atoms with E-state index in [1.807, 2.05) is 30.3 Å². The summed E-state index contributed by atoms with van der Waals surface area (Å²) in [5, 5.41) is 5.01. The average molecular weight is 302 g/mol. The van der Waals surface area contributed by atoms with Crippen molar-refractivity contribution in [3.05, 3.63) is 40.0 Å². The van der Waals surface area contributed by atoms with Gasteiger partial charge in [0.05, 0.1) is 29.0 Å². The summed E-state index contributed by atoms with van der Waals surface area (Å²) in [7, 11) is 1.82. The Balaban J connectivity index is 1.86. The number of rotatable bonds is 3. The number of aryl methyl sites for hydroxylation is 1. The van der Waals surface area contributed by atoms with Crippen molar-refractivity contribution in [2.75, 3.05) is 18.9 Å². The van der Waals surface area contributed by atoms with Gasteiger partial charge in [0, 0.05) is 13.6 Å². The molecule has 110 valence electrons. The highest BCUT2D eigenvalue weighted by molar-refractivity contribution is 7.12. The molecular formula is C15H18N4OS. The average Bonchev–Trinajstić information content (AvgIpc) is 3.15. The minimum Gasteiger partial charge on any atom is -0.372 e. The minimum atomic E-state index is 0.0284. The fourth-order valence-electron chi connectivity index (χ4n) is 2.66. The van der Waals surface area contributed by atoms with E-state index in [-0.39, 0.29) is 11.9 Å². The number of hydrogen-bond donors (Lipinski definition) is 1. The number of aromatic nitrogens is 2. The van der Waals surface area contributed by atoms with Gasteiger partial charge in [0.15, 0.2) is 0 Å². The molecule has 1 unspecified atom stereocenters. The Morgan fingerprint density at radius 1 is 1.48 bits per heavy atom. The van der Waals surface area contributed by atoms with E-state index in [2.05, 4.69) is 15.3 Å². The van der Waals surface area contributed by atoms with E-state index in [1.165, 1.54) is 11.3 Å². The molecule has 0 aliphatic carbocycles. The van der Waals surface area contributed by atoms with Gasteiger partial charge < -0.3 is 10.2 Å². The Morgan fingerprint density at radius 2 is 2.33 bits per heavy atom. The number of nitrogens with zero attached hydrogens (tertiary/aromatic N) is 3. The fourth-order valence-corrected chi connectivity index (χ4v) is 3.52. The maximum Gasteiger partial charge on any atom is 0.264 e. The minimum absolute atomic E-state index is 0.0284. The molecule has 0 radical (unpaired) electrons. The van der Waals surface area contributed by atoms with Gasteiger partial charge in [0.2, 0.25) is 0 Å². The van der Waals surface area contributed by atoms with Crippen LogP contribution in [0.5, 0.6) is 0 Å². The third-order valence-corrected chi connectivity index (χ3v) is 4.74. The highest BCUT2D eigenvalue weighted by Gasteiger charge is 2.32. The monoisotopic (exact) mass is 302 g/mol. The Morgan fingerprint density at radius 3 is 3.05 bits per heavy atom. The molecule has 0 aromatic carbocycles. The molecule has 3 heterocycles. The van der Waals surface area contributed by atoms with Gasteiger partial charge in [-0.25, -0.2) is 4.98 Å². The number of carbonyl (C=O) groups excluding carboxylic acids is 1. The molecule has 0 bridgehead atoms. The standard InChI is InChI=1S/C15H18N4OS/c1-10-6-13(21-9-10)15(20)19-5-3-4-12(19)11-7-17-8-14(16-2)18-11/h6-9,12H,3-5H2,1-2H3,(H,16,18). The SMILES string of the molecule is CNc1cncc(C2CCCN2C(=O)c2cc(C)cs2)n1. The van der Waals surface area contributed by atoms with Crippen molar-refractivity contribution in [3.63, 3.8) is 0 Å². The van der Waals surface area contributed by atoms with Crippen molar-refractivity contribution in [1.82, 2.24) is 14.9 Å². The second-order valence-electron chi connectivity index (χ2n) is 5.22. The van der Waals surface area contributed by atoms with E-state index < -0.39 is 0 Å². The van der Waals surface area contributed by atoms with Gasteiger partial charge in [0.25, 0.3) is 5.91 Å². The zero-order valence-electron chi connectivity index (χ0n) is 12.2. The molecule has 6 heteroatoms. The van der Waals surface area contributed by atoms with Crippen LogP contribution in [0, 0.1) is 6.92 Å². The number of thiophene rings is 1. The number of hydrogen-bond acceptors (Lipinski definition) is 5. The molecule has 1 aliphatic heterocycles. The van der Waals surface area contributed by atoms with Crippen LogP contribution in [0.4, 0.5) is 5.82 Å². The highest BCUT2D eigenvalue weighted by Crippen LogP contribution is 2.33. The number of carbonyl (C=O) groups is 1. The lowest BCUT2D eigenvalue weighted by Crippen LogP contribution is -2.30. The summed E-state index contributed by atoms with van der Waals surface area (Å²) in [5.74, 6) is 0.839. The molecule has 1 N–H and O–H groups in total. The van der Waals surface area contributed by atoms with Gasteiger partial charge in [-0.3, -0.25) is 9.78 Å². The Labute approximate surface area is 128 Å². The van der Waals surface area contributed by atoms with Gasteiger partial charge in [0.1, 0.15) is 5.82 Å². The molecule has 1 amide bonds. The van der Waals surface area contributed by atoms with Crippen LogP contribution in [-0.2, 0) is 0 Å². The van der Waals surface area contributed by atoms with Gasteiger partial charge in [-0.05, 0) is 36.8 Å². The molecule has 1 saturated heterocycles. The quantitative estimate of drug-likeness (QED) is 0.947. The van der Waals surface area contributed by atoms with Crippen LogP contribution in [0.15, 0.2) is 23.8 Å². The highest BCUT2D eigenvalue weighted by atomic mass is 32.1. The zero-order chi connectivity index (χ0) is 14.8. The molecule has 2 aromatic heterocycles. The van der Waals surface area contributed by atoms with E-state index in [0.717, 1.165) is 41.3 Å². The predicted octanol–water partition coefficient (Wildman–Crippen LogP) is 2.87. The van der Waals surface area contributed by atoms with Gasteiger partial charge in [-0.2, -0.15) is 0 Å². The molecule has 1 atom stereocenters. The topological polar surface area (TPSA) is 58.1 Å². The first-order valence-corrected chi connectivity index (χ1v) is 7.93. The van der Waals surface area contributed by atoms with Crippen LogP contribution in [0.2, 0.25) is 0 Å². The van der Waals surface area contributed by atoms with Crippen molar-refractivity contribution < 1.29 is 4.79 Å². The first-order valence-electron chi connectivity index (χ1n) is 7.05. The summed E-state index contributed by atoms with van der Waals surface area (Å²) in [6.45, 7) is 2.79. The number of likely N-dealkylation sites (tertiary alicyclic amines) is 1. The third-order valence-electron chi connectivity index (χ3n) is 3.71. The van der Waals surface area contributed by atoms with Crippen molar-refractivity contribution >= 4 is 23.1 Å². The lowest BCUT2D eigenvalue weighted by molar-refractivity contribution is 0.0737. The second-order valence-corrected chi connectivity index (χ2v) is 6.14. The van der Waals surface area contributed by atoms with Crippen LogP contribution >= 0.6 is 11.3 Å². The molecule has 21 heavy (non-hydrogen) atoms. The lowest BCUT2D eigenvalue weighted by Gasteiger charge is -2.23. The molecule has 0 spiro atoms. The van der Waals surface area contributed by atoms with E-state index in [4.69, 9.17) is 0 Å². The molecule has 1 fully saturated rings. The van der Waals surface area contributed by atoms with Crippen LogP contribution in [-0.4, -0.2) is 34.4 Å². The van der Waals surface area contributed by atoms with E-state index >= 15 is 0 Å². The Kier molecular flexibility index (Phi) is 3.88. The van der Waals surface area contributed by atoms with Crippen LogP contribution in [0.1, 0.15) is 39.8 Å². The third kappa shape index (κ3) is 2.76. The smallest absolute Gasteiger partial charge is 0.264 e. The molecule has 0 saturated carbocycles. The maximum atomic E-state index is 12.7. The number of nitrogens with one attached hydrogen (secondary N) is 1. The van der Waals surface area contributed by atoms with Crippen molar-refractivity contribution in [1.29, 1.82) is 0 Å². The Hall–Kier alpha value is -1.95. The van der Waals surface area contributed by atoms with Crippen LogP contribution in [0.25, 0.3) is 0 Å². The van der Waals surface area contributed by atoms with Gasteiger partial charge >= 0.3 is 0 Å². The molecule has 2 aromatic rings. The summed E-state index contributed by atoms with van der Waals surface area (Å²) < 4.78 is 0. The maximum absolute atomic E-state index is 12.7. The van der Waals surface area contributed by atoms with Crippen molar-refractivity contribution in [2.24, 2.45) is 0 Å². The summed E-state index contributed by atoms with van der Waals surface area (Å²) in [5.41, 5.74) is 2.00. The van der Waals surface area contributed by atoms with Gasteiger partial charge in [-0.1, -0.05) is 0 Å². The summed E-state index contributed by atoms with van der Waals surface area (Å²) in [6.07, 6.45) is 5.40. The van der Waals surface area contributed by atoms with Crippen molar-refractivity contribution in [2.45, 2.75) is 25.8 Å². The fraction of sp³-hybridized carbons (Fsp3) is 0.400. The molecular weight excluding hydrogens is 284 g/mol. The second kappa shape index (κ2) is 5.81. The summed E-state index contributed by atoms with van der Waals surface area (Å²) in [4.78, 5) is 24.2.